The van der Waals surface area contributed by atoms with Crippen LogP contribution in [0.25, 0.3) is 0 Å². The quantitative estimate of drug-likeness (QED) is 0.481. The summed E-state index contributed by atoms with van der Waals surface area (Å²) in [5, 5.41) is 0. The third-order valence-corrected chi connectivity index (χ3v) is 0.622. The van der Waals surface area contributed by atoms with Crippen LogP contribution in [0.2, 0.25) is 0 Å². The van der Waals surface area contributed by atoms with Gasteiger partial charge in [0.25, 0.3) is 0 Å². The van der Waals surface area contributed by atoms with Crippen molar-refractivity contribution in [3.63, 3.8) is 0 Å². The van der Waals surface area contributed by atoms with E-state index in [1.165, 1.54) is 6.26 Å². The van der Waals surface area contributed by atoms with Gasteiger partial charge in [0.15, 0.2) is 0 Å². The second kappa shape index (κ2) is 1.54. The zero-order valence-corrected chi connectivity index (χ0v) is 3.55. The fourth-order valence-electron chi connectivity index (χ4n) is 0.337. The monoisotopic (exact) mass is 95.0 g/mol. The molecule has 0 amide bonds. The molecule has 0 bridgehead atoms. The summed E-state index contributed by atoms with van der Waals surface area (Å²) in [6.07, 6.45) is 3.02. The molecule has 34 valence electrons. The molecule has 0 aliphatic carbocycles. The molecule has 0 aliphatic rings. The summed E-state index contributed by atoms with van der Waals surface area (Å²) in [5.41, 5.74) is 0. The fraction of sp³-hybridized carbons (Fsp3) is 0. The second-order valence-corrected chi connectivity index (χ2v) is 1.08. The average Bonchev–Trinajstić information content (AvgIpc) is 2.14. The van der Waals surface area contributed by atoms with Gasteiger partial charge in [-0.3, -0.25) is 0 Å². The largest absolute Gasteiger partial charge is 0.419 e. The normalized spacial score (nSPS) is 8.00. The van der Waals surface area contributed by atoms with Gasteiger partial charge in [0.05, 0.1) is 6.07 Å². The molecule has 0 saturated carbocycles. The zero-order chi connectivity index (χ0) is 5.11. The van der Waals surface area contributed by atoms with E-state index in [4.69, 9.17) is 0 Å². The summed E-state index contributed by atoms with van der Waals surface area (Å²) < 4.78 is 4.56. The van der Waals surface area contributed by atoms with E-state index >= 15 is 0 Å². The van der Waals surface area contributed by atoms with Gasteiger partial charge in [-0.15, -0.1) is 0 Å². The fourth-order valence-corrected chi connectivity index (χ4v) is 0.337. The number of rotatable bonds is 1. The molecule has 0 spiro atoms. The lowest BCUT2D eigenvalue weighted by Crippen LogP contribution is -1.66. The summed E-state index contributed by atoms with van der Waals surface area (Å²) in [6.45, 7) is 0. The lowest BCUT2D eigenvalue weighted by Gasteiger charge is -1.54. The highest BCUT2D eigenvalue weighted by molar-refractivity contribution is 5.70. The average molecular weight is 95.1 g/mol. The van der Waals surface area contributed by atoms with Gasteiger partial charge in [-0.2, -0.15) is 0 Å². The van der Waals surface area contributed by atoms with E-state index in [0.717, 1.165) is 0 Å². The molecule has 0 N–H and O–H groups in total. The molecule has 0 saturated heterocycles. The minimum atomic E-state index is 0.250. The van der Waals surface area contributed by atoms with E-state index in [0.29, 0.717) is 0 Å². The molecule has 0 aromatic carbocycles. The van der Waals surface area contributed by atoms with Gasteiger partial charge in [0.1, 0.15) is 12.3 Å². The standard InChI is InChI=1S/C5H3O2/c6-4-5-2-1-3-7-5/h1-3H/q+1. The van der Waals surface area contributed by atoms with Crippen LogP contribution in [0, 0.1) is 0 Å². The van der Waals surface area contributed by atoms with E-state index in [2.05, 4.69) is 4.42 Å². The molecule has 0 aliphatic heterocycles. The van der Waals surface area contributed by atoms with Crippen molar-refractivity contribution in [2.24, 2.45) is 0 Å². The van der Waals surface area contributed by atoms with Crippen LogP contribution < -0.4 is 0 Å². The molecular weight excluding hydrogens is 92.1 g/mol. The maximum absolute atomic E-state index is 9.65. The Bertz CT molecular complexity index is 141. The van der Waals surface area contributed by atoms with Crippen molar-refractivity contribution in [1.82, 2.24) is 0 Å². The maximum Gasteiger partial charge on any atom is 0.407 e. The summed E-state index contributed by atoms with van der Waals surface area (Å²) in [7, 11) is 0. The number of carbonyl (C=O) groups excluding carboxylic acids is 1. The molecule has 2 nitrogen and oxygen atoms in total. The molecule has 1 rings (SSSR count). The topological polar surface area (TPSA) is 30.2 Å². The van der Waals surface area contributed by atoms with Crippen molar-refractivity contribution in [3.8, 4) is 0 Å². The summed E-state index contributed by atoms with van der Waals surface area (Å²) in [5.74, 6) is 0.250. The molecular formula is C5H3O2+. The third-order valence-electron chi connectivity index (χ3n) is 0.622. The Morgan fingerprint density at radius 3 is 2.86 bits per heavy atom. The van der Waals surface area contributed by atoms with Crippen LogP contribution >= 0.6 is 0 Å². The molecule has 2 heteroatoms. The predicted molar refractivity (Wildman–Crippen MR) is 23.5 cm³/mol. The first kappa shape index (κ1) is 4.03. The van der Waals surface area contributed by atoms with Crippen molar-refractivity contribution in [2.75, 3.05) is 0 Å². The molecule has 1 aromatic heterocycles. The minimum absolute atomic E-state index is 0.250. The van der Waals surface area contributed by atoms with Gasteiger partial charge >= 0.3 is 12.0 Å². The van der Waals surface area contributed by atoms with E-state index in [9.17, 15) is 4.79 Å². The highest BCUT2D eigenvalue weighted by Gasteiger charge is 2.01. The zero-order valence-electron chi connectivity index (χ0n) is 3.55. The van der Waals surface area contributed by atoms with Crippen molar-refractivity contribution in [3.05, 3.63) is 24.2 Å². The molecule has 1 heterocycles. The first-order valence-corrected chi connectivity index (χ1v) is 1.85. The van der Waals surface area contributed by atoms with E-state index < -0.39 is 0 Å². The highest BCUT2D eigenvalue weighted by Crippen LogP contribution is 1.92. The SMILES string of the molecule is O=[C+]c1ccco1. The van der Waals surface area contributed by atoms with E-state index in [1.807, 2.05) is 0 Å². The van der Waals surface area contributed by atoms with Gasteiger partial charge in [0.2, 0.25) is 0 Å². The van der Waals surface area contributed by atoms with Crippen molar-refractivity contribution < 1.29 is 9.21 Å². The Labute approximate surface area is 40.8 Å². The Balaban J connectivity index is 2.96. The van der Waals surface area contributed by atoms with Gasteiger partial charge < -0.3 is 4.42 Å². The maximum atomic E-state index is 9.65. The highest BCUT2D eigenvalue weighted by atomic mass is 16.3. The van der Waals surface area contributed by atoms with Crippen molar-refractivity contribution in [2.45, 2.75) is 0 Å². The van der Waals surface area contributed by atoms with Crippen LogP contribution in [0.3, 0.4) is 0 Å². The molecule has 0 fully saturated rings. The Hall–Kier alpha value is -1.14. The van der Waals surface area contributed by atoms with Gasteiger partial charge in [-0.1, -0.05) is 4.79 Å². The predicted octanol–water partition coefficient (Wildman–Crippen LogP) is 0.737. The first-order chi connectivity index (χ1) is 3.43. The lowest BCUT2D eigenvalue weighted by atomic mass is 10.5. The first-order valence-electron chi connectivity index (χ1n) is 1.85. The Kier molecular flexibility index (Phi) is 0.886. The van der Waals surface area contributed by atoms with Crippen LogP contribution in [-0.2, 0) is 4.79 Å². The van der Waals surface area contributed by atoms with Crippen molar-refractivity contribution in [1.29, 1.82) is 0 Å². The number of hydrogen-bond acceptors (Lipinski definition) is 2. The summed E-state index contributed by atoms with van der Waals surface area (Å²) in [4.78, 5) is 9.65. The van der Waals surface area contributed by atoms with Gasteiger partial charge in [-0.05, 0) is 0 Å². The van der Waals surface area contributed by atoms with E-state index in [1.54, 1.807) is 18.4 Å². The Morgan fingerprint density at radius 2 is 2.57 bits per heavy atom. The molecule has 0 radical (unpaired) electrons. The molecule has 1 aromatic rings. The summed E-state index contributed by atoms with van der Waals surface area (Å²) >= 11 is 0. The van der Waals surface area contributed by atoms with Gasteiger partial charge in [-0.25, -0.2) is 0 Å². The molecule has 0 atom stereocenters. The van der Waals surface area contributed by atoms with Crippen LogP contribution in [-0.4, -0.2) is 6.29 Å². The third kappa shape index (κ3) is 0.643. The summed E-state index contributed by atoms with van der Waals surface area (Å²) in [6, 6.07) is 3.19. The lowest BCUT2D eigenvalue weighted by molar-refractivity contribution is 0.518. The molecule has 7 heavy (non-hydrogen) atoms. The van der Waals surface area contributed by atoms with Crippen LogP contribution in [0.4, 0.5) is 0 Å². The molecule has 0 unspecified atom stereocenters. The van der Waals surface area contributed by atoms with Gasteiger partial charge in [0, 0.05) is 0 Å². The van der Waals surface area contributed by atoms with Crippen molar-refractivity contribution >= 4 is 6.29 Å². The Morgan fingerprint density at radius 1 is 1.71 bits per heavy atom. The second-order valence-electron chi connectivity index (χ2n) is 1.08. The smallest absolute Gasteiger partial charge is 0.407 e. The number of hydrogen-bond donors (Lipinski definition) is 0. The van der Waals surface area contributed by atoms with Crippen LogP contribution in [0.15, 0.2) is 22.8 Å². The minimum Gasteiger partial charge on any atom is -0.419 e. The van der Waals surface area contributed by atoms with Crippen LogP contribution in [0.5, 0.6) is 0 Å². The van der Waals surface area contributed by atoms with Crippen LogP contribution in [0.1, 0.15) is 5.76 Å². The van der Waals surface area contributed by atoms with E-state index in [-0.39, 0.29) is 5.76 Å². The number of furan rings is 1.